The van der Waals surface area contributed by atoms with E-state index in [1.54, 1.807) is 6.26 Å². The van der Waals surface area contributed by atoms with E-state index < -0.39 is 0 Å². The number of hydrogen-bond acceptors (Lipinski definition) is 4. The number of hydrogen-bond donors (Lipinski definition) is 0. The summed E-state index contributed by atoms with van der Waals surface area (Å²) in [6.07, 6.45) is 6.84. The predicted octanol–water partition coefficient (Wildman–Crippen LogP) is 3.10. The lowest BCUT2D eigenvalue weighted by atomic mass is 9.91. The van der Waals surface area contributed by atoms with Gasteiger partial charge in [-0.25, -0.2) is 9.97 Å². The second-order valence-corrected chi connectivity index (χ2v) is 6.57. The van der Waals surface area contributed by atoms with Crippen molar-refractivity contribution >= 4 is 11.2 Å². The summed E-state index contributed by atoms with van der Waals surface area (Å²) in [5.41, 5.74) is 2.84. The van der Waals surface area contributed by atoms with Crippen molar-refractivity contribution < 1.29 is 4.42 Å². The third kappa shape index (κ3) is 2.18. The van der Waals surface area contributed by atoms with E-state index >= 15 is 0 Å². The molecule has 0 amide bonds. The zero-order chi connectivity index (χ0) is 15.2. The van der Waals surface area contributed by atoms with Crippen molar-refractivity contribution in [2.24, 2.45) is 0 Å². The van der Waals surface area contributed by atoms with E-state index in [9.17, 15) is 0 Å². The SMILES string of the molecule is c1coc(-c2ccc3c(n2)nc2n3CCN(C3CCC3)CC2)c1. The van der Waals surface area contributed by atoms with Crippen LogP contribution in [0.4, 0.5) is 0 Å². The quantitative estimate of drug-likeness (QED) is 0.730. The fourth-order valence-corrected chi connectivity index (χ4v) is 3.76. The van der Waals surface area contributed by atoms with Crippen LogP contribution in [0.15, 0.2) is 34.9 Å². The van der Waals surface area contributed by atoms with Gasteiger partial charge in [0, 0.05) is 32.1 Å². The maximum atomic E-state index is 5.45. The molecule has 5 nitrogen and oxygen atoms in total. The zero-order valence-electron chi connectivity index (χ0n) is 13.1. The molecular formula is C18H20N4O. The second kappa shape index (κ2) is 5.20. The Morgan fingerprint density at radius 2 is 2.00 bits per heavy atom. The van der Waals surface area contributed by atoms with E-state index in [0.717, 1.165) is 54.7 Å². The summed E-state index contributed by atoms with van der Waals surface area (Å²) < 4.78 is 7.80. The highest BCUT2D eigenvalue weighted by Gasteiger charge is 2.27. The average Bonchev–Trinajstić information content (AvgIpc) is 3.11. The third-order valence-corrected chi connectivity index (χ3v) is 5.29. The fourth-order valence-electron chi connectivity index (χ4n) is 3.76. The molecule has 5 rings (SSSR count). The monoisotopic (exact) mass is 308 g/mol. The second-order valence-electron chi connectivity index (χ2n) is 6.57. The topological polar surface area (TPSA) is 47.1 Å². The van der Waals surface area contributed by atoms with Gasteiger partial charge in [-0.1, -0.05) is 6.42 Å². The normalized spacial score (nSPS) is 19.5. The summed E-state index contributed by atoms with van der Waals surface area (Å²) >= 11 is 0. The Morgan fingerprint density at radius 1 is 1.04 bits per heavy atom. The van der Waals surface area contributed by atoms with Crippen LogP contribution in [0.25, 0.3) is 22.6 Å². The van der Waals surface area contributed by atoms with E-state index in [0.29, 0.717) is 0 Å². The van der Waals surface area contributed by atoms with Crippen LogP contribution in [0, 0.1) is 0 Å². The summed E-state index contributed by atoms with van der Waals surface area (Å²) in [5, 5.41) is 0. The van der Waals surface area contributed by atoms with Crippen LogP contribution in [0.5, 0.6) is 0 Å². The van der Waals surface area contributed by atoms with Crippen molar-refractivity contribution in [3.63, 3.8) is 0 Å². The molecule has 5 heteroatoms. The van der Waals surface area contributed by atoms with Gasteiger partial charge in [-0.3, -0.25) is 4.90 Å². The van der Waals surface area contributed by atoms with Gasteiger partial charge in [0.1, 0.15) is 11.5 Å². The minimum absolute atomic E-state index is 0.797. The molecule has 0 spiro atoms. The average molecular weight is 308 g/mol. The molecule has 0 atom stereocenters. The molecule has 3 aromatic rings. The maximum absolute atomic E-state index is 5.45. The minimum Gasteiger partial charge on any atom is -0.463 e. The molecular weight excluding hydrogens is 288 g/mol. The number of pyridine rings is 1. The molecule has 4 heterocycles. The molecule has 0 bridgehead atoms. The summed E-state index contributed by atoms with van der Waals surface area (Å²) in [6, 6.07) is 8.81. The summed E-state index contributed by atoms with van der Waals surface area (Å²) in [6.45, 7) is 3.27. The van der Waals surface area contributed by atoms with Gasteiger partial charge in [0.05, 0.1) is 11.8 Å². The molecule has 0 radical (unpaired) electrons. The molecule has 1 aliphatic heterocycles. The van der Waals surface area contributed by atoms with Crippen LogP contribution >= 0.6 is 0 Å². The minimum atomic E-state index is 0.797. The van der Waals surface area contributed by atoms with Crippen LogP contribution in [0.3, 0.4) is 0 Å². The molecule has 0 unspecified atom stereocenters. The Labute approximate surface area is 134 Å². The Hall–Kier alpha value is -2.14. The molecule has 1 saturated carbocycles. The number of nitrogens with zero attached hydrogens (tertiary/aromatic N) is 4. The van der Waals surface area contributed by atoms with E-state index in [4.69, 9.17) is 14.4 Å². The Morgan fingerprint density at radius 3 is 2.78 bits per heavy atom. The van der Waals surface area contributed by atoms with Crippen LogP contribution in [-0.4, -0.2) is 38.6 Å². The van der Waals surface area contributed by atoms with Crippen molar-refractivity contribution in [3.05, 3.63) is 36.4 Å². The van der Waals surface area contributed by atoms with Gasteiger partial charge in [0.2, 0.25) is 0 Å². The van der Waals surface area contributed by atoms with E-state index in [2.05, 4.69) is 15.5 Å². The molecule has 0 aromatic carbocycles. The lowest BCUT2D eigenvalue weighted by molar-refractivity contribution is 0.130. The predicted molar refractivity (Wildman–Crippen MR) is 88.1 cm³/mol. The first kappa shape index (κ1) is 13.3. The van der Waals surface area contributed by atoms with Crippen LogP contribution in [0.2, 0.25) is 0 Å². The van der Waals surface area contributed by atoms with E-state index in [1.165, 1.54) is 25.1 Å². The number of aromatic nitrogens is 3. The van der Waals surface area contributed by atoms with Gasteiger partial charge < -0.3 is 8.98 Å². The molecule has 0 saturated heterocycles. The number of fused-ring (bicyclic) bond motifs is 3. The molecule has 3 aromatic heterocycles. The fraction of sp³-hybridized carbons (Fsp3) is 0.444. The lowest BCUT2D eigenvalue weighted by Crippen LogP contribution is -2.41. The van der Waals surface area contributed by atoms with Crippen LogP contribution in [-0.2, 0) is 13.0 Å². The third-order valence-electron chi connectivity index (χ3n) is 5.29. The van der Waals surface area contributed by atoms with Crippen molar-refractivity contribution in [3.8, 4) is 11.5 Å². The number of rotatable bonds is 2. The highest BCUT2D eigenvalue weighted by Crippen LogP contribution is 2.28. The van der Waals surface area contributed by atoms with Gasteiger partial charge in [0.25, 0.3) is 0 Å². The van der Waals surface area contributed by atoms with Crippen LogP contribution < -0.4 is 0 Å². The Kier molecular flexibility index (Phi) is 3.01. The number of furan rings is 1. The smallest absolute Gasteiger partial charge is 0.178 e. The van der Waals surface area contributed by atoms with Crippen molar-refractivity contribution in [1.82, 2.24) is 19.4 Å². The lowest BCUT2D eigenvalue weighted by Gasteiger charge is -2.36. The van der Waals surface area contributed by atoms with Crippen molar-refractivity contribution in [2.45, 2.75) is 38.3 Å². The van der Waals surface area contributed by atoms with Crippen LogP contribution in [0.1, 0.15) is 25.1 Å². The molecule has 1 aliphatic carbocycles. The summed E-state index contributed by atoms with van der Waals surface area (Å²) in [5.74, 6) is 1.97. The molecule has 2 aliphatic rings. The van der Waals surface area contributed by atoms with Gasteiger partial charge in [-0.05, 0) is 37.1 Å². The van der Waals surface area contributed by atoms with Gasteiger partial charge in [-0.15, -0.1) is 0 Å². The maximum Gasteiger partial charge on any atom is 0.178 e. The van der Waals surface area contributed by atoms with E-state index in [-0.39, 0.29) is 0 Å². The summed E-state index contributed by atoms with van der Waals surface area (Å²) in [4.78, 5) is 12.1. The largest absolute Gasteiger partial charge is 0.463 e. The standard InChI is InChI=1S/C18H20N4O/c1-3-13(4-1)21-9-8-17-20-18-15(22(17)11-10-21)7-6-14(19-18)16-5-2-12-23-16/h2,5-7,12-13H,1,3-4,8-11H2. The van der Waals surface area contributed by atoms with Crippen molar-refractivity contribution in [1.29, 1.82) is 0 Å². The first-order valence-electron chi connectivity index (χ1n) is 8.52. The first-order valence-corrected chi connectivity index (χ1v) is 8.52. The molecule has 0 N–H and O–H groups in total. The van der Waals surface area contributed by atoms with Gasteiger partial charge >= 0.3 is 0 Å². The zero-order valence-corrected chi connectivity index (χ0v) is 13.1. The molecule has 23 heavy (non-hydrogen) atoms. The number of imidazole rings is 1. The first-order chi connectivity index (χ1) is 11.4. The molecule has 1 fully saturated rings. The Bertz CT molecular complexity index is 832. The van der Waals surface area contributed by atoms with E-state index in [1.807, 2.05) is 18.2 Å². The highest BCUT2D eigenvalue weighted by molar-refractivity contribution is 5.75. The molecule has 118 valence electrons. The Balaban J connectivity index is 1.48. The highest BCUT2D eigenvalue weighted by atomic mass is 16.3. The van der Waals surface area contributed by atoms with Gasteiger partial charge in [-0.2, -0.15) is 0 Å². The van der Waals surface area contributed by atoms with Crippen molar-refractivity contribution in [2.75, 3.05) is 13.1 Å². The summed E-state index contributed by atoms with van der Waals surface area (Å²) in [7, 11) is 0. The van der Waals surface area contributed by atoms with Gasteiger partial charge in [0.15, 0.2) is 11.4 Å².